The Balaban J connectivity index is 4.53. The number of allylic oxidation sites excluding steroid dienone is 22. The van der Waals surface area contributed by atoms with Crippen LogP contribution in [0.1, 0.15) is 226 Å². The summed E-state index contributed by atoms with van der Waals surface area (Å²) in [5.41, 5.74) is 0. The van der Waals surface area contributed by atoms with Gasteiger partial charge in [0.2, 0.25) is 0 Å². The average molecular weight is 953 g/mol. The second kappa shape index (κ2) is 56.1. The molecule has 0 spiro atoms. The molecule has 0 fully saturated rings. The summed E-state index contributed by atoms with van der Waals surface area (Å²) in [5, 5.41) is 0. The Morgan fingerprint density at radius 3 is 1.13 bits per heavy atom. The van der Waals surface area contributed by atoms with E-state index in [1.54, 1.807) is 0 Å². The largest absolute Gasteiger partial charge is 0.462 e. The monoisotopic (exact) mass is 953 g/mol. The highest BCUT2D eigenvalue weighted by Crippen LogP contribution is 2.14. The summed E-state index contributed by atoms with van der Waals surface area (Å²) in [6.45, 7) is 6.27. The van der Waals surface area contributed by atoms with Crippen LogP contribution >= 0.6 is 0 Å². The fourth-order valence-corrected chi connectivity index (χ4v) is 7.14. The Labute approximate surface area is 424 Å². The van der Waals surface area contributed by atoms with Crippen LogP contribution in [0.25, 0.3) is 0 Å². The number of carbonyl (C=O) groups excluding carboxylic acids is 3. The first-order valence-corrected chi connectivity index (χ1v) is 27.8. The van der Waals surface area contributed by atoms with Crippen molar-refractivity contribution in [3.8, 4) is 0 Å². The number of ether oxygens (including phenoxy) is 3. The van der Waals surface area contributed by atoms with Gasteiger partial charge in [-0.1, -0.05) is 238 Å². The molecule has 0 aromatic heterocycles. The molecule has 6 nitrogen and oxygen atoms in total. The van der Waals surface area contributed by atoms with E-state index in [2.05, 4.69) is 99.8 Å². The van der Waals surface area contributed by atoms with Crippen molar-refractivity contribution < 1.29 is 28.6 Å². The Morgan fingerprint density at radius 2 is 0.652 bits per heavy atom. The van der Waals surface area contributed by atoms with E-state index >= 15 is 0 Å². The number of rotatable bonds is 48. The predicted octanol–water partition coefficient (Wildman–Crippen LogP) is 18.6. The fraction of sp³-hybridized carbons (Fsp3) is 0.603. The minimum atomic E-state index is -0.828. The van der Waals surface area contributed by atoms with Crippen LogP contribution in [0, 0.1) is 0 Å². The molecule has 0 aliphatic carbocycles. The average Bonchev–Trinajstić information content (AvgIpc) is 3.35. The van der Waals surface area contributed by atoms with Gasteiger partial charge in [-0.25, -0.2) is 0 Å². The SMILES string of the molecule is CC\C=C/C=C\C=C/C=C\C=C/CCCC(=O)OCC(COC(=O)CCCCC/C=C\C/C=C\C/C=C\C/C=C\C/C=C\CC)OC(=O)CCCCCCCCC/C=C\CCCCCCCCCC. The lowest BCUT2D eigenvalue weighted by Crippen LogP contribution is -2.30. The van der Waals surface area contributed by atoms with E-state index in [9.17, 15) is 14.4 Å². The van der Waals surface area contributed by atoms with Gasteiger partial charge in [0.05, 0.1) is 0 Å². The van der Waals surface area contributed by atoms with Crippen molar-refractivity contribution >= 4 is 17.9 Å². The Morgan fingerprint density at radius 1 is 0.319 bits per heavy atom. The highest BCUT2D eigenvalue weighted by atomic mass is 16.6. The normalized spacial score (nSPS) is 13.1. The molecule has 1 atom stereocenters. The molecule has 388 valence electrons. The molecule has 0 bridgehead atoms. The van der Waals surface area contributed by atoms with Crippen LogP contribution in [0.2, 0.25) is 0 Å². The Hall–Kier alpha value is -4.45. The summed E-state index contributed by atoms with van der Waals surface area (Å²) in [4.78, 5) is 38.1. The molecule has 6 heteroatoms. The second-order valence-corrected chi connectivity index (χ2v) is 17.8. The van der Waals surface area contributed by atoms with Gasteiger partial charge in [0, 0.05) is 19.3 Å². The van der Waals surface area contributed by atoms with Gasteiger partial charge in [-0.3, -0.25) is 14.4 Å². The Bertz CT molecular complexity index is 1510. The number of hydrogen-bond donors (Lipinski definition) is 0. The molecule has 0 radical (unpaired) electrons. The number of esters is 3. The van der Waals surface area contributed by atoms with Gasteiger partial charge in [-0.2, -0.15) is 0 Å². The highest BCUT2D eigenvalue weighted by molar-refractivity contribution is 5.71. The van der Waals surface area contributed by atoms with Gasteiger partial charge < -0.3 is 14.2 Å². The van der Waals surface area contributed by atoms with Gasteiger partial charge in [0.15, 0.2) is 6.10 Å². The number of unbranched alkanes of at least 4 members (excludes halogenated alkanes) is 19. The molecule has 0 aromatic carbocycles. The fourth-order valence-electron chi connectivity index (χ4n) is 7.14. The lowest BCUT2D eigenvalue weighted by atomic mass is 10.1. The molecule has 0 saturated heterocycles. The lowest BCUT2D eigenvalue weighted by Gasteiger charge is -2.18. The quantitative estimate of drug-likeness (QED) is 0.0199. The minimum absolute atomic E-state index is 0.124. The first kappa shape index (κ1) is 64.5. The molecule has 0 aromatic rings. The standard InChI is InChI=1S/C63H100O6/c1-4-7-10-13-16-19-22-25-27-29-31-33-35-38-41-44-47-50-53-56-62(65)68-59-60(58-67-61(64)55-52-49-46-43-40-37-24-21-18-15-12-9-6-3)69-63(66)57-54-51-48-45-42-39-36-34-32-30-28-26-23-20-17-14-11-8-5-2/h7,9-10,12,15-16,18-19,21,24-25,27,30-33,37-38,40-41,43,46,60H,4-6,8,11,13-14,17,20,22-23,26,28-29,34-36,39,42,44-45,47-59H2,1-3H3/b10-7-,12-9-,18-15-,19-16-,24-21-,27-25-,32-30-,33-31-,40-37-,41-38-,46-43-. The third kappa shape index (κ3) is 54.4. The van der Waals surface area contributed by atoms with Crippen LogP contribution < -0.4 is 0 Å². The number of hydrogen-bond acceptors (Lipinski definition) is 6. The van der Waals surface area contributed by atoms with E-state index < -0.39 is 6.10 Å². The van der Waals surface area contributed by atoms with E-state index in [1.165, 1.54) is 89.9 Å². The third-order valence-electron chi connectivity index (χ3n) is 11.2. The van der Waals surface area contributed by atoms with E-state index in [0.717, 1.165) is 89.9 Å². The molecule has 0 heterocycles. The smallest absolute Gasteiger partial charge is 0.306 e. The molecule has 0 N–H and O–H groups in total. The van der Waals surface area contributed by atoms with E-state index in [1.807, 2.05) is 54.7 Å². The highest BCUT2D eigenvalue weighted by Gasteiger charge is 2.19. The first-order chi connectivity index (χ1) is 34.0. The van der Waals surface area contributed by atoms with Crippen LogP contribution in [0.15, 0.2) is 134 Å². The van der Waals surface area contributed by atoms with Crippen molar-refractivity contribution in [3.05, 3.63) is 134 Å². The summed E-state index contributed by atoms with van der Waals surface area (Å²) < 4.78 is 16.7. The molecule has 0 saturated carbocycles. The maximum Gasteiger partial charge on any atom is 0.306 e. The van der Waals surface area contributed by atoms with Crippen LogP contribution in [0.5, 0.6) is 0 Å². The summed E-state index contributed by atoms with van der Waals surface area (Å²) in [5.74, 6) is -1.04. The van der Waals surface area contributed by atoms with Crippen LogP contribution in [0.4, 0.5) is 0 Å². The zero-order chi connectivity index (χ0) is 50.0. The molecular formula is C63H100O6. The second-order valence-electron chi connectivity index (χ2n) is 17.8. The molecule has 0 rings (SSSR count). The molecular weight excluding hydrogens is 853 g/mol. The minimum Gasteiger partial charge on any atom is -0.462 e. The third-order valence-corrected chi connectivity index (χ3v) is 11.2. The van der Waals surface area contributed by atoms with E-state index in [4.69, 9.17) is 14.2 Å². The zero-order valence-corrected chi connectivity index (χ0v) is 44.3. The van der Waals surface area contributed by atoms with Crippen molar-refractivity contribution in [1.82, 2.24) is 0 Å². The zero-order valence-electron chi connectivity index (χ0n) is 44.3. The van der Waals surface area contributed by atoms with Crippen LogP contribution in [-0.2, 0) is 28.6 Å². The van der Waals surface area contributed by atoms with E-state index in [0.29, 0.717) is 19.3 Å². The predicted molar refractivity (Wildman–Crippen MR) is 297 cm³/mol. The van der Waals surface area contributed by atoms with Gasteiger partial charge in [-0.15, -0.1) is 0 Å². The van der Waals surface area contributed by atoms with Gasteiger partial charge >= 0.3 is 17.9 Å². The van der Waals surface area contributed by atoms with Crippen molar-refractivity contribution in [2.45, 2.75) is 232 Å². The van der Waals surface area contributed by atoms with Crippen molar-refractivity contribution in [3.63, 3.8) is 0 Å². The topological polar surface area (TPSA) is 78.9 Å². The van der Waals surface area contributed by atoms with Crippen molar-refractivity contribution in [2.24, 2.45) is 0 Å². The molecule has 0 aliphatic rings. The summed E-state index contributed by atoms with van der Waals surface area (Å²) >= 11 is 0. The summed E-state index contributed by atoms with van der Waals surface area (Å²) in [6.07, 6.45) is 78.8. The van der Waals surface area contributed by atoms with Gasteiger partial charge in [0.25, 0.3) is 0 Å². The van der Waals surface area contributed by atoms with E-state index in [-0.39, 0.29) is 37.5 Å². The number of carbonyl (C=O) groups is 3. The van der Waals surface area contributed by atoms with Crippen LogP contribution in [0.3, 0.4) is 0 Å². The maximum absolute atomic E-state index is 12.8. The molecule has 0 amide bonds. The van der Waals surface area contributed by atoms with Crippen molar-refractivity contribution in [2.75, 3.05) is 13.2 Å². The van der Waals surface area contributed by atoms with Crippen LogP contribution in [-0.4, -0.2) is 37.2 Å². The molecule has 1 unspecified atom stereocenters. The Kier molecular flexibility index (Phi) is 52.5. The molecule has 69 heavy (non-hydrogen) atoms. The summed E-state index contributed by atoms with van der Waals surface area (Å²) in [6, 6.07) is 0. The van der Waals surface area contributed by atoms with Crippen molar-refractivity contribution in [1.29, 1.82) is 0 Å². The lowest BCUT2D eigenvalue weighted by molar-refractivity contribution is -0.167. The first-order valence-electron chi connectivity index (χ1n) is 27.8. The summed E-state index contributed by atoms with van der Waals surface area (Å²) in [7, 11) is 0. The maximum atomic E-state index is 12.8. The van der Waals surface area contributed by atoms with Gasteiger partial charge in [0.1, 0.15) is 13.2 Å². The van der Waals surface area contributed by atoms with Gasteiger partial charge in [-0.05, 0) is 103 Å². The molecule has 0 aliphatic heterocycles.